The van der Waals surface area contributed by atoms with E-state index in [2.05, 4.69) is 5.32 Å². The van der Waals surface area contributed by atoms with Crippen molar-refractivity contribution in [1.29, 1.82) is 0 Å². The smallest absolute Gasteiger partial charge is 0.326 e. The molecule has 0 bridgehead atoms. The fraction of sp³-hybridized carbons (Fsp3) is 0.846. The molecule has 0 spiro atoms. The molecule has 0 saturated carbocycles. The van der Waals surface area contributed by atoms with Gasteiger partial charge in [0.05, 0.1) is 0 Å². The standard InChI is InChI=1S/C13H23NO4/c1-8(2)6-11(13(16)17)14-12(15)10-4-5-18-7-9(10)3/h8-11H,4-7H2,1-3H3,(H,14,15)(H,16,17)/t9?,10?,11-/m1/s1. The molecular weight excluding hydrogens is 234 g/mol. The number of nitrogens with one attached hydrogen (secondary N) is 1. The molecule has 5 heteroatoms. The molecule has 1 aliphatic heterocycles. The van der Waals surface area contributed by atoms with Crippen molar-refractivity contribution in [3.63, 3.8) is 0 Å². The Morgan fingerprint density at radius 2 is 2.11 bits per heavy atom. The Kier molecular flexibility index (Phi) is 5.59. The molecule has 1 fully saturated rings. The van der Waals surface area contributed by atoms with Crippen LogP contribution >= 0.6 is 0 Å². The summed E-state index contributed by atoms with van der Waals surface area (Å²) >= 11 is 0. The second-order valence-corrected chi connectivity index (χ2v) is 5.48. The zero-order chi connectivity index (χ0) is 13.7. The second-order valence-electron chi connectivity index (χ2n) is 5.48. The number of carbonyl (C=O) groups excluding carboxylic acids is 1. The summed E-state index contributed by atoms with van der Waals surface area (Å²) < 4.78 is 5.28. The molecule has 18 heavy (non-hydrogen) atoms. The molecule has 2 N–H and O–H groups in total. The van der Waals surface area contributed by atoms with E-state index in [-0.39, 0.29) is 23.7 Å². The third-order valence-corrected chi connectivity index (χ3v) is 3.30. The lowest BCUT2D eigenvalue weighted by Crippen LogP contribution is -2.47. The summed E-state index contributed by atoms with van der Waals surface area (Å²) in [6.07, 6.45) is 1.12. The van der Waals surface area contributed by atoms with Crippen molar-refractivity contribution in [2.45, 2.75) is 39.7 Å². The number of aliphatic carboxylic acids is 1. The van der Waals surface area contributed by atoms with Crippen LogP contribution in [-0.2, 0) is 14.3 Å². The van der Waals surface area contributed by atoms with Crippen LogP contribution < -0.4 is 5.32 Å². The molecule has 0 aromatic carbocycles. The molecule has 3 atom stereocenters. The Morgan fingerprint density at radius 3 is 2.61 bits per heavy atom. The van der Waals surface area contributed by atoms with E-state index < -0.39 is 12.0 Å². The Balaban J connectivity index is 2.57. The summed E-state index contributed by atoms with van der Waals surface area (Å²) in [6.45, 7) is 6.99. The lowest BCUT2D eigenvalue weighted by molar-refractivity contribution is -0.144. The topological polar surface area (TPSA) is 75.6 Å². The van der Waals surface area contributed by atoms with Crippen LogP contribution in [0.1, 0.15) is 33.6 Å². The first kappa shape index (κ1) is 15.0. The number of amides is 1. The van der Waals surface area contributed by atoms with Gasteiger partial charge in [0, 0.05) is 19.1 Å². The van der Waals surface area contributed by atoms with Crippen molar-refractivity contribution < 1.29 is 19.4 Å². The minimum absolute atomic E-state index is 0.132. The van der Waals surface area contributed by atoms with E-state index in [1.807, 2.05) is 20.8 Å². The molecule has 2 unspecified atom stereocenters. The average molecular weight is 257 g/mol. The van der Waals surface area contributed by atoms with Gasteiger partial charge in [-0.05, 0) is 24.7 Å². The van der Waals surface area contributed by atoms with Crippen molar-refractivity contribution in [2.75, 3.05) is 13.2 Å². The monoisotopic (exact) mass is 257 g/mol. The Hall–Kier alpha value is -1.10. The van der Waals surface area contributed by atoms with Gasteiger partial charge in [-0.1, -0.05) is 20.8 Å². The number of hydrogen-bond donors (Lipinski definition) is 2. The number of carboxylic acids is 1. The normalized spacial score (nSPS) is 25.8. The molecule has 0 aromatic heterocycles. The van der Waals surface area contributed by atoms with E-state index in [1.54, 1.807) is 0 Å². The summed E-state index contributed by atoms with van der Waals surface area (Å²) in [5.41, 5.74) is 0. The fourth-order valence-corrected chi connectivity index (χ4v) is 2.24. The summed E-state index contributed by atoms with van der Waals surface area (Å²) in [6, 6.07) is -0.785. The summed E-state index contributed by atoms with van der Waals surface area (Å²) in [5.74, 6) is -0.867. The van der Waals surface area contributed by atoms with E-state index in [1.165, 1.54) is 0 Å². The third kappa shape index (κ3) is 4.29. The van der Waals surface area contributed by atoms with Gasteiger partial charge in [0.25, 0.3) is 0 Å². The van der Waals surface area contributed by atoms with Crippen molar-refractivity contribution in [1.82, 2.24) is 5.32 Å². The van der Waals surface area contributed by atoms with Gasteiger partial charge in [-0.2, -0.15) is 0 Å². The molecule has 1 saturated heterocycles. The highest BCUT2D eigenvalue weighted by Gasteiger charge is 2.31. The maximum atomic E-state index is 12.1. The predicted octanol–water partition coefficient (Wildman–Crippen LogP) is 1.27. The van der Waals surface area contributed by atoms with Gasteiger partial charge in [0.2, 0.25) is 5.91 Å². The fourth-order valence-electron chi connectivity index (χ4n) is 2.24. The van der Waals surface area contributed by atoms with Crippen LogP contribution in [-0.4, -0.2) is 36.2 Å². The van der Waals surface area contributed by atoms with E-state index >= 15 is 0 Å². The number of carboxylic acid groups (broad SMARTS) is 1. The quantitative estimate of drug-likeness (QED) is 0.778. The van der Waals surface area contributed by atoms with Crippen LogP contribution in [0.5, 0.6) is 0 Å². The van der Waals surface area contributed by atoms with Crippen molar-refractivity contribution in [3.8, 4) is 0 Å². The zero-order valence-corrected chi connectivity index (χ0v) is 11.3. The Bertz CT molecular complexity index is 303. The van der Waals surface area contributed by atoms with Gasteiger partial charge in [0.15, 0.2) is 0 Å². The predicted molar refractivity (Wildman–Crippen MR) is 67.1 cm³/mol. The molecule has 104 valence electrons. The molecule has 1 heterocycles. The lowest BCUT2D eigenvalue weighted by Gasteiger charge is -2.29. The van der Waals surface area contributed by atoms with Crippen LogP contribution in [0.4, 0.5) is 0 Å². The van der Waals surface area contributed by atoms with Crippen LogP contribution in [0.2, 0.25) is 0 Å². The maximum Gasteiger partial charge on any atom is 0.326 e. The number of hydrogen-bond acceptors (Lipinski definition) is 3. The maximum absolute atomic E-state index is 12.1. The van der Waals surface area contributed by atoms with E-state index in [0.717, 1.165) is 0 Å². The van der Waals surface area contributed by atoms with E-state index in [0.29, 0.717) is 26.1 Å². The molecule has 1 rings (SSSR count). The van der Waals surface area contributed by atoms with Crippen molar-refractivity contribution in [3.05, 3.63) is 0 Å². The first-order chi connectivity index (χ1) is 8.41. The Labute approximate surface area is 108 Å². The van der Waals surface area contributed by atoms with Crippen molar-refractivity contribution in [2.24, 2.45) is 17.8 Å². The van der Waals surface area contributed by atoms with Crippen LogP contribution in [0.25, 0.3) is 0 Å². The highest BCUT2D eigenvalue weighted by molar-refractivity contribution is 5.85. The van der Waals surface area contributed by atoms with Crippen LogP contribution in [0, 0.1) is 17.8 Å². The number of ether oxygens (including phenoxy) is 1. The highest BCUT2D eigenvalue weighted by Crippen LogP contribution is 2.21. The number of carbonyl (C=O) groups is 2. The first-order valence-electron chi connectivity index (χ1n) is 6.52. The largest absolute Gasteiger partial charge is 0.480 e. The average Bonchev–Trinajstić information content (AvgIpc) is 2.27. The molecule has 0 aliphatic carbocycles. The summed E-state index contributed by atoms with van der Waals surface area (Å²) in [5, 5.41) is 11.7. The van der Waals surface area contributed by atoms with Gasteiger partial charge in [-0.15, -0.1) is 0 Å². The van der Waals surface area contributed by atoms with Gasteiger partial charge in [-0.3, -0.25) is 4.79 Å². The SMILES string of the molecule is CC(C)C[C@@H](NC(=O)C1CCOCC1C)C(=O)O. The zero-order valence-electron chi connectivity index (χ0n) is 11.3. The van der Waals surface area contributed by atoms with Crippen molar-refractivity contribution >= 4 is 11.9 Å². The van der Waals surface area contributed by atoms with E-state index in [4.69, 9.17) is 9.84 Å². The van der Waals surface area contributed by atoms with Gasteiger partial charge in [0.1, 0.15) is 6.04 Å². The van der Waals surface area contributed by atoms with Crippen LogP contribution in [0.3, 0.4) is 0 Å². The lowest BCUT2D eigenvalue weighted by atomic mass is 9.88. The van der Waals surface area contributed by atoms with Gasteiger partial charge in [-0.25, -0.2) is 4.79 Å². The second kappa shape index (κ2) is 6.73. The minimum Gasteiger partial charge on any atom is -0.480 e. The molecule has 5 nitrogen and oxygen atoms in total. The van der Waals surface area contributed by atoms with Gasteiger partial charge >= 0.3 is 5.97 Å². The molecule has 0 aromatic rings. The molecule has 1 aliphatic rings. The van der Waals surface area contributed by atoms with Gasteiger partial charge < -0.3 is 15.2 Å². The summed E-state index contributed by atoms with van der Waals surface area (Å²) in [7, 11) is 0. The highest BCUT2D eigenvalue weighted by atomic mass is 16.5. The third-order valence-electron chi connectivity index (χ3n) is 3.30. The number of rotatable bonds is 5. The van der Waals surface area contributed by atoms with E-state index in [9.17, 15) is 9.59 Å². The minimum atomic E-state index is -0.961. The first-order valence-corrected chi connectivity index (χ1v) is 6.52. The molecule has 0 radical (unpaired) electrons. The molecule has 1 amide bonds. The van der Waals surface area contributed by atoms with Crippen LogP contribution in [0.15, 0.2) is 0 Å². The summed E-state index contributed by atoms with van der Waals surface area (Å²) in [4.78, 5) is 23.2. The Morgan fingerprint density at radius 1 is 1.44 bits per heavy atom. The molecular formula is C13H23NO4.